The first-order chi connectivity index (χ1) is 8.83. The molecule has 0 amide bonds. The molecule has 1 aromatic rings. The molecule has 18 heavy (non-hydrogen) atoms. The SMILES string of the molecule is OC1CCN(c2cc(N3CCOCC3)ncn2)C1. The molecule has 0 aromatic carbocycles. The van der Waals surface area contributed by atoms with Crippen molar-refractivity contribution in [3.8, 4) is 0 Å². The van der Waals surface area contributed by atoms with E-state index in [1.165, 1.54) is 0 Å². The zero-order chi connectivity index (χ0) is 12.4. The predicted molar refractivity (Wildman–Crippen MR) is 67.9 cm³/mol. The maximum Gasteiger partial charge on any atom is 0.134 e. The minimum Gasteiger partial charge on any atom is -0.391 e. The van der Waals surface area contributed by atoms with Gasteiger partial charge >= 0.3 is 0 Å². The molecule has 2 aliphatic rings. The van der Waals surface area contributed by atoms with Crippen molar-refractivity contribution in [2.75, 3.05) is 49.2 Å². The van der Waals surface area contributed by atoms with Gasteiger partial charge in [-0.15, -0.1) is 0 Å². The lowest BCUT2D eigenvalue weighted by Crippen LogP contribution is -2.37. The highest BCUT2D eigenvalue weighted by atomic mass is 16.5. The zero-order valence-corrected chi connectivity index (χ0v) is 10.3. The Kier molecular flexibility index (Phi) is 3.29. The summed E-state index contributed by atoms with van der Waals surface area (Å²) < 4.78 is 5.34. The highest BCUT2D eigenvalue weighted by molar-refractivity contribution is 5.50. The van der Waals surface area contributed by atoms with Crippen molar-refractivity contribution in [3.63, 3.8) is 0 Å². The summed E-state index contributed by atoms with van der Waals surface area (Å²) in [5.41, 5.74) is 0. The summed E-state index contributed by atoms with van der Waals surface area (Å²) in [4.78, 5) is 12.9. The fraction of sp³-hybridized carbons (Fsp3) is 0.667. The van der Waals surface area contributed by atoms with Crippen LogP contribution < -0.4 is 9.80 Å². The molecule has 6 nitrogen and oxygen atoms in total. The molecule has 1 atom stereocenters. The van der Waals surface area contributed by atoms with E-state index in [0.29, 0.717) is 6.54 Å². The Hall–Kier alpha value is -1.40. The fourth-order valence-corrected chi connectivity index (χ4v) is 2.43. The highest BCUT2D eigenvalue weighted by Crippen LogP contribution is 2.21. The van der Waals surface area contributed by atoms with Crippen LogP contribution in [0.15, 0.2) is 12.4 Å². The molecule has 1 N–H and O–H groups in total. The molecule has 0 aliphatic carbocycles. The molecule has 2 aliphatic heterocycles. The summed E-state index contributed by atoms with van der Waals surface area (Å²) in [5, 5.41) is 9.57. The van der Waals surface area contributed by atoms with Crippen LogP contribution in [-0.4, -0.2) is 60.6 Å². The van der Waals surface area contributed by atoms with Crippen LogP contribution in [0, 0.1) is 0 Å². The number of aliphatic hydroxyl groups is 1. The summed E-state index contributed by atoms with van der Waals surface area (Å²) in [6, 6.07) is 2.00. The Labute approximate surface area is 106 Å². The molecule has 0 saturated carbocycles. The smallest absolute Gasteiger partial charge is 0.134 e. The standard InChI is InChI=1S/C12H18N4O2/c17-10-1-2-16(8-10)12-7-11(13-9-14-12)15-3-5-18-6-4-15/h7,9-10,17H,1-6,8H2. The van der Waals surface area contributed by atoms with Gasteiger partial charge in [-0.05, 0) is 6.42 Å². The molecule has 0 radical (unpaired) electrons. The molecule has 1 unspecified atom stereocenters. The second-order valence-corrected chi connectivity index (χ2v) is 4.72. The van der Waals surface area contributed by atoms with E-state index in [9.17, 15) is 5.11 Å². The minimum atomic E-state index is -0.230. The van der Waals surface area contributed by atoms with E-state index < -0.39 is 0 Å². The Morgan fingerprint density at radius 2 is 1.83 bits per heavy atom. The number of aliphatic hydroxyl groups excluding tert-OH is 1. The van der Waals surface area contributed by atoms with E-state index in [-0.39, 0.29) is 6.10 Å². The third kappa shape index (κ3) is 2.39. The summed E-state index contributed by atoms with van der Waals surface area (Å²) in [6.45, 7) is 4.78. The second kappa shape index (κ2) is 5.07. The summed E-state index contributed by atoms with van der Waals surface area (Å²) in [7, 11) is 0. The summed E-state index contributed by atoms with van der Waals surface area (Å²) in [6.07, 6.45) is 2.19. The van der Waals surface area contributed by atoms with Crippen molar-refractivity contribution in [2.45, 2.75) is 12.5 Å². The fourth-order valence-electron chi connectivity index (χ4n) is 2.43. The second-order valence-electron chi connectivity index (χ2n) is 4.72. The number of aromatic nitrogens is 2. The van der Waals surface area contributed by atoms with Gasteiger partial charge in [0.2, 0.25) is 0 Å². The lowest BCUT2D eigenvalue weighted by atomic mass is 10.3. The monoisotopic (exact) mass is 250 g/mol. The number of hydrogen-bond donors (Lipinski definition) is 1. The Bertz CT molecular complexity index is 389. The number of β-amino-alcohol motifs (C(OH)–C–C–N with tert-alkyl or cyclic N) is 1. The van der Waals surface area contributed by atoms with Crippen molar-refractivity contribution in [1.29, 1.82) is 0 Å². The van der Waals surface area contributed by atoms with E-state index in [1.54, 1.807) is 6.33 Å². The topological polar surface area (TPSA) is 61.7 Å². The van der Waals surface area contributed by atoms with E-state index in [2.05, 4.69) is 19.8 Å². The van der Waals surface area contributed by atoms with E-state index in [4.69, 9.17) is 4.74 Å². The minimum absolute atomic E-state index is 0.230. The van der Waals surface area contributed by atoms with Crippen LogP contribution in [0.4, 0.5) is 11.6 Å². The first-order valence-electron chi connectivity index (χ1n) is 6.41. The average Bonchev–Trinajstić information content (AvgIpc) is 2.87. The molecule has 98 valence electrons. The molecule has 3 heterocycles. The van der Waals surface area contributed by atoms with Crippen molar-refractivity contribution in [3.05, 3.63) is 12.4 Å². The third-order valence-electron chi connectivity index (χ3n) is 3.46. The van der Waals surface area contributed by atoms with Gasteiger partial charge in [-0.1, -0.05) is 0 Å². The summed E-state index contributed by atoms with van der Waals surface area (Å²) in [5.74, 6) is 1.85. The maximum absolute atomic E-state index is 9.57. The van der Waals surface area contributed by atoms with Gasteiger partial charge in [0.15, 0.2) is 0 Å². The van der Waals surface area contributed by atoms with Gasteiger partial charge in [0.05, 0.1) is 19.3 Å². The van der Waals surface area contributed by atoms with Crippen molar-refractivity contribution in [2.24, 2.45) is 0 Å². The Morgan fingerprint density at radius 3 is 2.50 bits per heavy atom. The van der Waals surface area contributed by atoms with Crippen LogP contribution in [0.5, 0.6) is 0 Å². The number of rotatable bonds is 2. The van der Waals surface area contributed by atoms with Crippen LogP contribution in [-0.2, 0) is 4.74 Å². The molecule has 0 bridgehead atoms. The highest BCUT2D eigenvalue weighted by Gasteiger charge is 2.22. The number of ether oxygens (including phenoxy) is 1. The van der Waals surface area contributed by atoms with Gasteiger partial charge in [0.25, 0.3) is 0 Å². The van der Waals surface area contributed by atoms with Crippen molar-refractivity contribution in [1.82, 2.24) is 9.97 Å². The van der Waals surface area contributed by atoms with Gasteiger partial charge < -0.3 is 19.6 Å². The molecular weight excluding hydrogens is 232 g/mol. The Balaban J connectivity index is 1.76. The quantitative estimate of drug-likeness (QED) is 0.790. The molecule has 0 spiro atoms. The van der Waals surface area contributed by atoms with Gasteiger partial charge in [-0.2, -0.15) is 0 Å². The first kappa shape index (κ1) is 11.7. The first-order valence-corrected chi connectivity index (χ1v) is 6.41. The Morgan fingerprint density at radius 1 is 1.11 bits per heavy atom. The van der Waals surface area contributed by atoms with Gasteiger partial charge in [-0.3, -0.25) is 0 Å². The normalized spacial score (nSPS) is 24.6. The molecule has 2 saturated heterocycles. The lowest BCUT2D eigenvalue weighted by molar-refractivity contribution is 0.122. The van der Waals surface area contributed by atoms with Crippen molar-refractivity contribution >= 4 is 11.6 Å². The largest absolute Gasteiger partial charge is 0.391 e. The maximum atomic E-state index is 9.57. The van der Waals surface area contributed by atoms with Crippen LogP contribution in [0.1, 0.15) is 6.42 Å². The summed E-state index contributed by atoms with van der Waals surface area (Å²) >= 11 is 0. The van der Waals surface area contributed by atoms with Gasteiger partial charge in [-0.25, -0.2) is 9.97 Å². The number of morpholine rings is 1. The average molecular weight is 250 g/mol. The van der Waals surface area contributed by atoms with Gasteiger partial charge in [0.1, 0.15) is 18.0 Å². The van der Waals surface area contributed by atoms with Crippen LogP contribution in [0.3, 0.4) is 0 Å². The van der Waals surface area contributed by atoms with Gasteiger partial charge in [0, 0.05) is 32.2 Å². The van der Waals surface area contributed by atoms with E-state index in [0.717, 1.165) is 50.9 Å². The van der Waals surface area contributed by atoms with E-state index >= 15 is 0 Å². The number of hydrogen-bond acceptors (Lipinski definition) is 6. The molecule has 6 heteroatoms. The predicted octanol–water partition coefficient (Wildman–Crippen LogP) is -0.116. The molecule has 1 aromatic heterocycles. The molecular formula is C12H18N4O2. The van der Waals surface area contributed by atoms with Crippen LogP contribution in [0.25, 0.3) is 0 Å². The van der Waals surface area contributed by atoms with Crippen molar-refractivity contribution < 1.29 is 9.84 Å². The van der Waals surface area contributed by atoms with Crippen LogP contribution >= 0.6 is 0 Å². The number of anilines is 2. The third-order valence-corrected chi connectivity index (χ3v) is 3.46. The van der Waals surface area contributed by atoms with Crippen LogP contribution in [0.2, 0.25) is 0 Å². The number of nitrogens with zero attached hydrogens (tertiary/aromatic N) is 4. The molecule has 2 fully saturated rings. The van der Waals surface area contributed by atoms with E-state index in [1.807, 2.05) is 6.07 Å². The lowest BCUT2D eigenvalue weighted by Gasteiger charge is -2.28. The molecule has 3 rings (SSSR count). The zero-order valence-electron chi connectivity index (χ0n) is 10.3.